The molecule has 1 heterocycles. The van der Waals surface area contributed by atoms with Crippen molar-refractivity contribution in [3.63, 3.8) is 0 Å². The van der Waals surface area contributed by atoms with Gasteiger partial charge in [-0.05, 0) is 35.6 Å². The third-order valence-corrected chi connectivity index (χ3v) is 6.31. The fourth-order valence-electron chi connectivity index (χ4n) is 3.26. The molecule has 0 saturated carbocycles. The molecular weight excluding hydrogens is 416 g/mol. The number of aromatic nitrogens is 2. The van der Waals surface area contributed by atoms with E-state index in [1.807, 2.05) is 39.0 Å². The van der Waals surface area contributed by atoms with Gasteiger partial charge in [-0.15, -0.1) is 0 Å². The summed E-state index contributed by atoms with van der Waals surface area (Å²) in [6.07, 6.45) is 0.479. The second kappa shape index (κ2) is 8.58. The van der Waals surface area contributed by atoms with Crippen LogP contribution in [0.3, 0.4) is 0 Å². The Morgan fingerprint density at radius 1 is 1.16 bits per heavy atom. The van der Waals surface area contributed by atoms with Gasteiger partial charge in [-0.1, -0.05) is 45.9 Å². The lowest BCUT2D eigenvalue weighted by atomic mass is 9.86. The molecular formula is C22H28N4O4S. The molecule has 2 aromatic carbocycles. The number of hydrogen-bond donors (Lipinski definition) is 3. The molecule has 3 aromatic rings. The predicted octanol–water partition coefficient (Wildman–Crippen LogP) is 4.27. The zero-order valence-corrected chi connectivity index (χ0v) is 19.2. The third kappa shape index (κ3) is 4.99. The van der Waals surface area contributed by atoms with Crippen LogP contribution >= 0.6 is 0 Å². The number of para-hydroxylation sites is 1. The van der Waals surface area contributed by atoms with E-state index in [-0.39, 0.29) is 28.3 Å². The summed E-state index contributed by atoms with van der Waals surface area (Å²) < 4.78 is 33.0. The van der Waals surface area contributed by atoms with Crippen LogP contribution in [0.4, 0.5) is 11.4 Å². The number of amides is 1. The molecule has 1 aromatic heterocycles. The minimum atomic E-state index is -3.56. The molecule has 0 bridgehead atoms. The van der Waals surface area contributed by atoms with Crippen LogP contribution in [0.25, 0.3) is 10.9 Å². The summed E-state index contributed by atoms with van der Waals surface area (Å²) in [5.41, 5.74) is 2.18. The number of methoxy groups -OCH3 is 1. The van der Waals surface area contributed by atoms with Gasteiger partial charge in [0.05, 0.1) is 29.8 Å². The topological polar surface area (TPSA) is 113 Å². The molecule has 9 heteroatoms. The molecule has 31 heavy (non-hydrogen) atoms. The number of benzene rings is 2. The largest absolute Gasteiger partial charge is 0.492 e. The number of anilines is 2. The Morgan fingerprint density at radius 2 is 1.84 bits per heavy atom. The highest BCUT2D eigenvalue weighted by molar-refractivity contribution is 7.92. The zero-order chi connectivity index (χ0) is 22.8. The molecule has 0 aliphatic heterocycles. The first-order valence-corrected chi connectivity index (χ1v) is 11.7. The van der Waals surface area contributed by atoms with Crippen LogP contribution in [0.15, 0.2) is 36.4 Å². The average Bonchev–Trinajstić information content (AvgIpc) is 3.11. The molecule has 1 amide bonds. The number of nitrogens with zero attached hydrogens (tertiary/aromatic N) is 1. The third-order valence-electron chi connectivity index (χ3n) is 4.83. The molecule has 3 rings (SSSR count). The predicted molar refractivity (Wildman–Crippen MR) is 123 cm³/mol. The number of rotatable bonds is 7. The highest BCUT2D eigenvalue weighted by atomic mass is 32.2. The van der Waals surface area contributed by atoms with E-state index in [1.54, 1.807) is 25.1 Å². The van der Waals surface area contributed by atoms with Gasteiger partial charge >= 0.3 is 0 Å². The normalized spacial score (nSPS) is 12.0. The van der Waals surface area contributed by atoms with Gasteiger partial charge in [-0.2, -0.15) is 5.10 Å². The van der Waals surface area contributed by atoms with E-state index in [9.17, 15) is 13.2 Å². The van der Waals surface area contributed by atoms with Crippen molar-refractivity contribution in [2.24, 2.45) is 0 Å². The minimum Gasteiger partial charge on any atom is -0.492 e. The van der Waals surface area contributed by atoms with Crippen LogP contribution in [-0.2, 0) is 15.4 Å². The van der Waals surface area contributed by atoms with E-state index in [4.69, 9.17) is 4.74 Å². The summed E-state index contributed by atoms with van der Waals surface area (Å²) in [6, 6.07) is 10.9. The summed E-state index contributed by atoms with van der Waals surface area (Å²) in [6.45, 7) is 7.81. The number of carbonyl (C=O) groups is 1. The summed E-state index contributed by atoms with van der Waals surface area (Å²) in [7, 11) is -2.12. The molecule has 8 nitrogen and oxygen atoms in total. The number of aromatic amines is 1. The van der Waals surface area contributed by atoms with Gasteiger partial charge in [0.15, 0.2) is 11.4 Å². The molecule has 0 unspecified atom stereocenters. The Hall–Kier alpha value is -3.07. The maximum atomic E-state index is 13.0. The smallest absolute Gasteiger partial charge is 0.276 e. The van der Waals surface area contributed by atoms with E-state index >= 15 is 0 Å². The zero-order valence-electron chi connectivity index (χ0n) is 18.4. The lowest BCUT2D eigenvalue weighted by Gasteiger charge is -2.24. The fourth-order valence-corrected chi connectivity index (χ4v) is 4.38. The quantitative estimate of drug-likeness (QED) is 0.504. The Labute approximate surface area is 182 Å². The average molecular weight is 445 g/mol. The second-order valence-electron chi connectivity index (χ2n) is 8.35. The number of H-pyrrole nitrogens is 1. The monoisotopic (exact) mass is 444 g/mol. The summed E-state index contributed by atoms with van der Waals surface area (Å²) in [5, 5.41) is 10.5. The summed E-state index contributed by atoms with van der Waals surface area (Å²) >= 11 is 0. The Kier molecular flexibility index (Phi) is 6.26. The minimum absolute atomic E-state index is 0.0170. The number of sulfonamides is 1. The number of fused-ring (bicyclic) bond motifs is 1. The Morgan fingerprint density at radius 3 is 2.48 bits per heavy atom. The first-order chi connectivity index (χ1) is 14.6. The fraction of sp³-hybridized carbons (Fsp3) is 0.364. The van der Waals surface area contributed by atoms with Crippen molar-refractivity contribution < 1.29 is 17.9 Å². The molecule has 0 saturated heterocycles. The molecule has 0 aliphatic rings. The van der Waals surface area contributed by atoms with Crippen LogP contribution < -0.4 is 14.8 Å². The summed E-state index contributed by atoms with van der Waals surface area (Å²) in [5.74, 6) is -0.207. The van der Waals surface area contributed by atoms with Crippen LogP contribution in [0.5, 0.6) is 5.75 Å². The van der Waals surface area contributed by atoms with Gasteiger partial charge in [0, 0.05) is 5.39 Å². The van der Waals surface area contributed by atoms with Crippen molar-refractivity contribution in [1.29, 1.82) is 0 Å². The lowest BCUT2D eigenvalue weighted by Crippen LogP contribution is -2.20. The van der Waals surface area contributed by atoms with Gasteiger partial charge in [0.2, 0.25) is 10.0 Å². The van der Waals surface area contributed by atoms with Crippen LogP contribution in [0, 0.1) is 0 Å². The first kappa shape index (κ1) is 22.6. The van der Waals surface area contributed by atoms with Gasteiger partial charge in [0.25, 0.3) is 5.91 Å². The first-order valence-electron chi connectivity index (χ1n) is 10.0. The van der Waals surface area contributed by atoms with E-state index in [0.717, 1.165) is 11.1 Å². The van der Waals surface area contributed by atoms with Crippen molar-refractivity contribution in [1.82, 2.24) is 10.2 Å². The molecule has 0 aliphatic carbocycles. The van der Waals surface area contributed by atoms with E-state index in [2.05, 4.69) is 20.2 Å². The number of nitrogens with one attached hydrogen (secondary N) is 3. The van der Waals surface area contributed by atoms with Crippen LogP contribution in [-0.4, -0.2) is 37.4 Å². The van der Waals surface area contributed by atoms with Gasteiger partial charge in [-0.25, -0.2) is 8.42 Å². The van der Waals surface area contributed by atoms with Gasteiger partial charge in [-0.3, -0.25) is 14.6 Å². The van der Waals surface area contributed by atoms with Gasteiger partial charge < -0.3 is 10.1 Å². The maximum absolute atomic E-state index is 13.0. The molecule has 166 valence electrons. The van der Waals surface area contributed by atoms with E-state index in [1.165, 1.54) is 7.11 Å². The van der Waals surface area contributed by atoms with E-state index < -0.39 is 15.9 Å². The van der Waals surface area contributed by atoms with Crippen LogP contribution in [0.2, 0.25) is 0 Å². The van der Waals surface area contributed by atoms with Crippen molar-refractivity contribution in [3.05, 3.63) is 47.7 Å². The second-order valence-corrected chi connectivity index (χ2v) is 10.2. The van der Waals surface area contributed by atoms with Crippen molar-refractivity contribution in [3.8, 4) is 5.75 Å². The van der Waals surface area contributed by atoms with Gasteiger partial charge in [0.1, 0.15) is 0 Å². The van der Waals surface area contributed by atoms with E-state index in [0.29, 0.717) is 17.5 Å². The van der Waals surface area contributed by atoms with Crippen molar-refractivity contribution >= 4 is 38.2 Å². The standard InChI is InChI=1S/C22H28N4O4S/c1-6-11-31(28,29)26-18-13-14(22(2,3)4)12-17(20(18)30-5)23-21(27)19-15-9-7-8-10-16(15)24-25-19/h7-10,12-13,26H,6,11H2,1-5H3,(H,23,27)(H,24,25). The van der Waals surface area contributed by atoms with Crippen LogP contribution in [0.1, 0.15) is 50.2 Å². The number of ether oxygens (including phenoxy) is 1. The Bertz CT molecular complexity index is 1210. The van der Waals surface area contributed by atoms with Crippen molar-refractivity contribution in [2.45, 2.75) is 39.5 Å². The SMILES string of the molecule is CCCS(=O)(=O)Nc1cc(C(C)(C)C)cc(NC(=O)c2n[nH]c3ccccc23)c1OC. The highest BCUT2D eigenvalue weighted by Gasteiger charge is 2.24. The molecule has 0 spiro atoms. The number of hydrogen-bond acceptors (Lipinski definition) is 5. The highest BCUT2D eigenvalue weighted by Crippen LogP contribution is 2.39. The van der Waals surface area contributed by atoms with Crippen molar-refractivity contribution in [2.75, 3.05) is 22.9 Å². The molecule has 3 N–H and O–H groups in total. The Balaban J connectivity index is 2.07. The maximum Gasteiger partial charge on any atom is 0.276 e. The molecule has 0 atom stereocenters. The molecule has 0 fully saturated rings. The lowest BCUT2D eigenvalue weighted by molar-refractivity contribution is 0.102. The molecule has 0 radical (unpaired) electrons. The summed E-state index contributed by atoms with van der Waals surface area (Å²) in [4.78, 5) is 13.0. The number of carbonyl (C=O) groups excluding carboxylic acids is 1.